The van der Waals surface area contributed by atoms with Crippen LogP contribution in [0.3, 0.4) is 0 Å². The van der Waals surface area contributed by atoms with Crippen molar-refractivity contribution in [3.8, 4) is 0 Å². The van der Waals surface area contributed by atoms with E-state index < -0.39 is 0 Å². The lowest BCUT2D eigenvalue weighted by atomic mass is 9.88. The van der Waals surface area contributed by atoms with Crippen LogP contribution in [0.1, 0.15) is 44.9 Å². The van der Waals surface area contributed by atoms with Gasteiger partial charge in [-0.05, 0) is 74.6 Å². The van der Waals surface area contributed by atoms with Gasteiger partial charge in [0.25, 0.3) is 0 Å². The molecule has 2 saturated carbocycles. The van der Waals surface area contributed by atoms with Crippen LogP contribution in [0.5, 0.6) is 0 Å². The van der Waals surface area contributed by atoms with Gasteiger partial charge in [-0.25, -0.2) is 0 Å². The normalized spacial score (nSPS) is 30.5. The molecule has 3 heteroatoms. The molecule has 3 atom stereocenters. The summed E-state index contributed by atoms with van der Waals surface area (Å²) in [6.07, 6.45) is 8.95. The molecule has 22 heavy (non-hydrogen) atoms. The van der Waals surface area contributed by atoms with E-state index in [0.717, 1.165) is 31.1 Å². The molecule has 1 aromatic carbocycles. The molecule has 3 nitrogen and oxygen atoms in total. The molecule has 3 fully saturated rings. The Bertz CT molecular complexity index is 533. The summed E-state index contributed by atoms with van der Waals surface area (Å²) in [7, 11) is 0. The van der Waals surface area contributed by atoms with Crippen molar-refractivity contribution in [3.63, 3.8) is 0 Å². The molecule has 3 aliphatic rings. The van der Waals surface area contributed by atoms with Gasteiger partial charge in [-0.15, -0.1) is 0 Å². The molecular formula is C19H26N2O. The van der Waals surface area contributed by atoms with Gasteiger partial charge >= 0.3 is 0 Å². The fourth-order valence-corrected chi connectivity index (χ4v) is 4.71. The first kappa shape index (κ1) is 14.1. The van der Waals surface area contributed by atoms with E-state index in [4.69, 9.17) is 0 Å². The summed E-state index contributed by atoms with van der Waals surface area (Å²) >= 11 is 0. The van der Waals surface area contributed by atoms with E-state index in [0.29, 0.717) is 5.92 Å². The van der Waals surface area contributed by atoms with Gasteiger partial charge in [0.05, 0.1) is 0 Å². The molecule has 0 spiro atoms. The van der Waals surface area contributed by atoms with Crippen LogP contribution in [0.15, 0.2) is 24.3 Å². The third kappa shape index (κ3) is 2.73. The Morgan fingerprint density at radius 3 is 2.41 bits per heavy atom. The molecule has 1 aliphatic heterocycles. The number of nitrogens with one attached hydrogen (secondary N) is 1. The number of carbonyl (C=O) groups excluding carboxylic acids is 1. The first-order chi connectivity index (χ1) is 10.8. The molecule has 1 aromatic rings. The maximum absolute atomic E-state index is 12.5. The smallest absolute Gasteiger partial charge is 0.227 e. The van der Waals surface area contributed by atoms with Crippen LogP contribution in [-0.4, -0.2) is 19.0 Å². The number of fused-ring (bicyclic) bond motifs is 2. The highest BCUT2D eigenvalue weighted by Gasteiger charge is 2.42. The average molecular weight is 298 g/mol. The highest BCUT2D eigenvalue weighted by atomic mass is 16.1. The quantitative estimate of drug-likeness (QED) is 0.913. The van der Waals surface area contributed by atoms with Gasteiger partial charge in [0.1, 0.15) is 0 Å². The molecule has 0 aromatic heterocycles. The van der Waals surface area contributed by atoms with Crippen molar-refractivity contribution in [1.29, 1.82) is 0 Å². The minimum absolute atomic E-state index is 0.248. The molecule has 0 unspecified atom stereocenters. The fourth-order valence-electron chi connectivity index (χ4n) is 4.71. The molecule has 4 rings (SSSR count). The first-order valence-electron chi connectivity index (χ1n) is 8.95. The monoisotopic (exact) mass is 298 g/mol. The topological polar surface area (TPSA) is 32.3 Å². The lowest BCUT2D eigenvalue weighted by Crippen LogP contribution is -2.29. The van der Waals surface area contributed by atoms with E-state index in [1.54, 1.807) is 0 Å². The number of carbonyl (C=O) groups is 1. The van der Waals surface area contributed by atoms with Crippen molar-refractivity contribution in [2.75, 3.05) is 23.3 Å². The van der Waals surface area contributed by atoms with Crippen molar-refractivity contribution in [2.24, 2.45) is 17.8 Å². The Hall–Kier alpha value is -1.51. The SMILES string of the molecule is O=C(Nc1ccc(N2CCCCC2)cc1)[C@H]1C[C@H]2CC[C@H]1C2. The second kappa shape index (κ2) is 5.94. The number of piperidine rings is 1. The molecule has 2 aliphatic carbocycles. The number of rotatable bonds is 3. The van der Waals surface area contributed by atoms with Gasteiger partial charge in [-0.1, -0.05) is 6.42 Å². The summed E-state index contributed by atoms with van der Waals surface area (Å²) in [6, 6.07) is 8.44. The maximum Gasteiger partial charge on any atom is 0.227 e. The summed E-state index contributed by atoms with van der Waals surface area (Å²) in [6.45, 7) is 2.33. The molecule has 1 saturated heterocycles. The Balaban J connectivity index is 1.37. The summed E-state index contributed by atoms with van der Waals surface area (Å²) < 4.78 is 0. The first-order valence-corrected chi connectivity index (χ1v) is 8.95. The van der Waals surface area contributed by atoms with Crippen molar-refractivity contribution in [1.82, 2.24) is 0 Å². The van der Waals surface area contributed by atoms with E-state index in [9.17, 15) is 4.79 Å². The van der Waals surface area contributed by atoms with E-state index >= 15 is 0 Å². The second-order valence-electron chi connectivity index (χ2n) is 7.37. The summed E-state index contributed by atoms with van der Waals surface area (Å²) in [5, 5.41) is 3.14. The van der Waals surface area contributed by atoms with Crippen molar-refractivity contribution in [3.05, 3.63) is 24.3 Å². The summed E-state index contributed by atoms with van der Waals surface area (Å²) in [4.78, 5) is 14.9. The lowest BCUT2D eigenvalue weighted by molar-refractivity contribution is -0.121. The summed E-state index contributed by atoms with van der Waals surface area (Å²) in [5.74, 6) is 1.98. The van der Waals surface area contributed by atoms with E-state index in [1.807, 2.05) is 0 Å². The third-order valence-corrected chi connectivity index (χ3v) is 5.93. The molecule has 118 valence electrons. The van der Waals surface area contributed by atoms with Crippen LogP contribution in [-0.2, 0) is 4.79 Å². The minimum Gasteiger partial charge on any atom is -0.372 e. The highest BCUT2D eigenvalue weighted by molar-refractivity contribution is 5.93. The number of hydrogen-bond acceptors (Lipinski definition) is 2. The van der Waals surface area contributed by atoms with Gasteiger partial charge in [0, 0.05) is 30.4 Å². The highest BCUT2D eigenvalue weighted by Crippen LogP contribution is 2.48. The molecule has 1 heterocycles. The predicted molar refractivity (Wildman–Crippen MR) is 90.1 cm³/mol. The zero-order chi connectivity index (χ0) is 14.9. The summed E-state index contributed by atoms with van der Waals surface area (Å²) in [5.41, 5.74) is 2.24. The van der Waals surface area contributed by atoms with E-state index in [2.05, 4.69) is 34.5 Å². The van der Waals surface area contributed by atoms with E-state index in [-0.39, 0.29) is 11.8 Å². The predicted octanol–water partition coefficient (Wildman–Crippen LogP) is 4.05. The maximum atomic E-state index is 12.5. The van der Waals surface area contributed by atoms with Gasteiger partial charge in [-0.3, -0.25) is 4.79 Å². The van der Waals surface area contributed by atoms with Crippen molar-refractivity contribution in [2.45, 2.75) is 44.9 Å². The van der Waals surface area contributed by atoms with Gasteiger partial charge in [0.2, 0.25) is 5.91 Å². The zero-order valence-corrected chi connectivity index (χ0v) is 13.3. The Morgan fingerprint density at radius 2 is 1.77 bits per heavy atom. The Labute approximate surface area is 133 Å². The van der Waals surface area contributed by atoms with Crippen LogP contribution in [0.25, 0.3) is 0 Å². The Morgan fingerprint density at radius 1 is 1.00 bits per heavy atom. The van der Waals surface area contributed by atoms with Crippen LogP contribution in [0.4, 0.5) is 11.4 Å². The second-order valence-corrected chi connectivity index (χ2v) is 7.37. The third-order valence-electron chi connectivity index (χ3n) is 5.93. The minimum atomic E-state index is 0.248. The number of hydrogen-bond donors (Lipinski definition) is 1. The number of nitrogens with zero attached hydrogens (tertiary/aromatic N) is 1. The lowest BCUT2D eigenvalue weighted by Gasteiger charge is -2.29. The number of anilines is 2. The standard InChI is InChI=1S/C19H26N2O/c22-19(18-13-14-4-5-15(18)12-14)20-16-6-8-17(9-7-16)21-10-2-1-3-11-21/h6-9,14-15,18H,1-5,10-13H2,(H,20,22)/t14-,15-,18-/m0/s1. The van der Waals surface area contributed by atoms with Gasteiger partial charge < -0.3 is 10.2 Å². The van der Waals surface area contributed by atoms with Gasteiger partial charge in [0.15, 0.2) is 0 Å². The van der Waals surface area contributed by atoms with E-state index in [1.165, 1.54) is 44.2 Å². The van der Waals surface area contributed by atoms with Crippen molar-refractivity contribution < 1.29 is 4.79 Å². The largest absolute Gasteiger partial charge is 0.372 e. The van der Waals surface area contributed by atoms with Crippen LogP contribution >= 0.6 is 0 Å². The number of benzene rings is 1. The fraction of sp³-hybridized carbons (Fsp3) is 0.632. The molecule has 0 radical (unpaired) electrons. The molecular weight excluding hydrogens is 272 g/mol. The van der Waals surface area contributed by atoms with Crippen LogP contribution in [0.2, 0.25) is 0 Å². The molecule has 1 amide bonds. The molecule has 1 N–H and O–H groups in total. The zero-order valence-electron chi connectivity index (χ0n) is 13.3. The van der Waals surface area contributed by atoms with Crippen molar-refractivity contribution >= 4 is 17.3 Å². The number of amides is 1. The molecule has 2 bridgehead atoms. The Kier molecular flexibility index (Phi) is 3.81. The van der Waals surface area contributed by atoms with Crippen LogP contribution in [0, 0.1) is 17.8 Å². The average Bonchev–Trinajstić information content (AvgIpc) is 3.19. The van der Waals surface area contributed by atoms with Crippen LogP contribution < -0.4 is 10.2 Å². The van der Waals surface area contributed by atoms with Gasteiger partial charge in [-0.2, -0.15) is 0 Å².